The molecule has 0 unspecified atom stereocenters. The lowest BCUT2D eigenvalue weighted by atomic mass is 10.1. The van der Waals surface area contributed by atoms with Gasteiger partial charge >= 0.3 is 0 Å². The summed E-state index contributed by atoms with van der Waals surface area (Å²) < 4.78 is 5.09. The van der Waals surface area contributed by atoms with Gasteiger partial charge in [-0.05, 0) is 19.3 Å². The van der Waals surface area contributed by atoms with Crippen molar-refractivity contribution in [1.29, 1.82) is 0 Å². The second kappa shape index (κ2) is 6.30. The van der Waals surface area contributed by atoms with Crippen LogP contribution in [0.4, 0.5) is 5.82 Å². The third-order valence-electron chi connectivity index (χ3n) is 2.70. The summed E-state index contributed by atoms with van der Waals surface area (Å²) in [6.45, 7) is 6.41. The number of hydrogen-bond acceptors (Lipinski definition) is 4. The van der Waals surface area contributed by atoms with Crippen LogP contribution in [0.15, 0.2) is 6.20 Å². The van der Waals surface area contributed by atoms with E-state index in [0.717, 1.165) is 30.8 Å². The Kier molecular flexibility index (Phi) is 5.02. The highest BCUT2D eigenvalue weighted by molar-refractivity contribution is 5.42. The Bertz CT molecular complexity index is 324. The summed E-state index contributed by atoms with van der Waals surface area (Å²) in [7, 11) is 1.61. The van der Waals surface area contributed by atoms with E-state index >= 15 is 0 Å². The Labute approximate surface area is 97.5 Å². The Morgan fingerprint density at radius 2 is 2.00 bits per heavy atom. The van der Waals surface area contributed by atoms with Crippen molar-refractivity contribution in [1.82, 2.24) is 9.97 Å². The molecule has 0 bridgehead atoms. The lowest BCUT2D eigenvalue weighted by Crippen LogP contribution is -2.19. The van der Waals surface area contributed by atoms with Gasteiger partial charge in [-0.15, -0.1) is 0 Å². The van der Waals surface area contributed by atoms with Gasteiger partial charge in [-0.3, -0.25) is 4.98 Å². The van der Waals surface area contributed by atoms with E-state index in [0.29, 0.717) is 11.9 Å². The smallest absolute Gasteiger partial charge is 0.234 e. The van der Waals surface area contributed by atoms with Crippen LogP contribution in [0.3, 0.4) is 0 Å². The molecule has 90 valence electrons. The highest BCUT2D eigenvalue weighted by Gasteiger charge is 2.10. The summed E-state index contributed by atoms with van der Waals surface area (Å²) >= 11 is 0. The first-order chi connectivity index (χ1) is 7.74. The van der Waals surface area contributed by atoms with Crippen molar-refractivity contribution in [3.63, 3.8) is 0 Å². The van der Waals surface area contributed by atoms with Gasteiger partial charge in [0.1, 0.15) is 0 Å². The van der Waals surface area contributed by atoms with Crippen LogP contribution >= 0.6 is 0 Å². The van der Waals surface area contributed by atoms with Gasteiger partial charge in [0, 0.05) is 6.04 Å². The average molecular weight is 223 g/mol. The molecule has 0 aliphatic carbocycles. The molecule has 16 heavy (non-hydrogen) atoms. The molecule has 0 aliphatic rings. The molecule has 0 radical (unpaired) electrons. The summed E-state index contributed by atoms with van der Waals surface area (Å²) in [6, 6.07) is 0.451. The van der Waals surface area contributed by atoms with Gasteiger partial charge in [-0.2, -0.15) is 4.98 Å². The SMILES string of the molecule is CCc1ncc(OC)nc1NC(CC)CC. The Balaban J connectivity index is 2.90. The highest BCUT2D eigenvalue weighted by atomic mass is 16.5. The predicted octanol–water partition coefficient (Wildman–Crippen LogP) is 2.65. The third kappa shape index (κ3) is 3.08. The highest BCUT2D eigenvalue weighted by Crippen LogP contribution is 2.17. The van der Waals surface area contributed by atoms with Crippen LogP contribution in [-0.4, -0.2) is 23.1 Å². The quantitative estimate of drug-likeness (QED) is 0.805. The molecule has 0 atom stereocenters. The molecule has 0 aromatic carbocycles. The molecule has 1 aromatic heterocycles. The van der Waals surface area contributed by atoms with Crippen molar-refractivity contribution in [2.45, 2.75) is 46.1 Å². The van der Waals surface area contributed by atoms with Crippen molar-refractivity contribution in [2.24, 2.45) is 0 Å². The Hall–Kier alpha value is -1.32. The van der Waals surface area contributed by atoms with E-state index in [9.17, 15) is 0 Å². The van der Waals surface area contributed by atoms with Crippen molar-refractivity contribution in [2.75, 3.05) is 12.4 Å². The lowest BCUT2D eigenvalue weighted by molar-refractivity contribution is 0.395. The van der Waals surface area contributed by atoms with Crippen LogP contribution in [0.25, 0.3) is 0 Å². The fraction of sp³-hybridized carbons (Fsp3) is 0.667. The number of nitrogens with one attached hydrogen (secondary N) is 1. The second-order valence-corrected chi connectivity index (χ2v) is 3.72. The maximum atomic E-state index is 5.09. The van der Waals surface area contributed by atoms with Crippen LogP contribution in [-0.2, 0) is 6.42 Å². The molecule has 0 amide bonds. The molecule has 4 nitrogen and oxygen atoms in total. The van der Waals surface area contributed by atoms with E-state index in [1.54, 1.807) is 13.3 Å². The molecule has 0 fully saturated rings. The molecule has 0 saturated heterocycles. The summed E-state index contributed by atoms with van der Waals surface area (Å²) in [5.74, 6) is 1.42. The predicted molar refractivity (Wildman–Crippen MR) is 66.0 cm³/mol. The molecule has 1 aromatic rings. The van der Waals surface area contributed by atoms with E-state index in [1.807, 2.05) is 0 Å². The fourth-order valence-corrected chi connectivity index (χ4v) is 1.56. The molecular weight excluding hydrogens is 202 g/mol. The largest absolute Gasteiger partial charge is 0.480 e. The Morgan fingerprint density at radius 3 is 2.50 bits per heavy atom. The first-order valence-corrected chi connectivity index (χ1v) is 5.91. The number of anilines is 1. The van der Waals surface area contributed by atoms with Crippen molar-refractivity contribution in [3.8, 4) is 5.88 Å². The number of aryl methyl sites for hydroxylation is 1. The van der Waals surface area contributed by atoms with Gasteiger partial charge in [0.25, 0.3) is 0 Å². The first kappa shape index (κ1) is 12.7. The number of nitrogens with zero attached hydrogens (tertiary/aromatic N) is 2. The van der Waals surface area contributed by atoms with E-state index < -0.39 is 0 Å². The normalized spacial score (nSPS) is 10.6. The maximum Gasteiger partial charge on any atom is 0.234 e. The minimum absolute atomic E-state index is 0.451. The van der Waals surface area contributed by atoms with E-state index in [1.165, 1.54) is 0 Å². The van der Waals surface area contributed by atoms with Gasteiger partial charge < -0.3 is 10.1 Å². The topological polar surface area (TPSA) is 47.0 Å². The zero-order valence-electron chi connectivity index (χ0n) is 10.6. The summed E-state index contributed by atoms with van der Waals surface area (Å²) in [4.78, 5) is 8.74. The molecule has 1 heterocycles. The molecule has 4 heteroatoms. The Morgan fingerprint density at radius 1 is 1.31 bits per heavy atom. The number of ether oxygens (including phenoxy) is 1. The van der Waals surface area contributed by atoms with Gasteiger partial charge in [0.05, 0.1) is 19.0 Å². The average Bonchev–Trinajstić information content (AvgIpc) is 2.35. The summed E-state index contributed by atoms with van der Waals surface area (Å²) in [5.41, 5.74) is 0.993. The van der Waals surface area contributed by atoms with Crippen molar-refractivity contribution in [3.05, 3.63) is 11.9 Å². The first-order valence-electron chi connectivity index (χ1n) is 5.91. The molecular formula is C12H21N3O. The zero-order valence-corrected chi connectivity index (χ0v) is 10.6. The van der Waals surface area contributed by atoms with Gasteiger partial charge in [-0.1, -0.05) is 20.8 Å². The van der Waals surface area contributed by atoms with E-state index in [-0.39, 0.29) is 0 Å². The number of hydrogen-bond donors (Lipinski definition) is 1. The lowest BCUT2D eigenvalue weighted by Gasteiger charge is -2.17. The number of methoxy groups -OCH3 is 1. The van der Waals surface area contributed by atoms with Crippen molar-refractivity contribution < 1.29 is 4.74 Å². The molecule has 0 spiro atoms. The monoisotopic (exact) mass is 223 g/mol. The fourth-order valence-electron chi connectivity index (χ4n) is 1.56. The van der Waals surface area contributed by atoms with Gasteiger partial charge in [0.15, 0.2) is 5.82 Å². The van der Waals surface area contributed by atoms with Crippen LogP contribution in [0.1, 0.15) is 39.3 Å². The van der Waals surface area contributed by atoms with Crippen LogP contribution in [0.5, 0.6) is 5.88 Å². The number of rotatable bonds is 6. The number of aromatic nitrogens is 2. The summed E-state index contributed by atoms with van der Waals surface area (Å²) in [6.07, 6.45) is 4.70. The van der Waals surface area contributed by atoms with Crippen LogP contribution < -0.4 is 10.1 Å². The summed E-state index contributed by atoms with van der Waals surface area (Å²) in [5, 5.41) is 3.42. The standard InChI is InChI=1S/C12H21N3O/c1-5-9(6-2)14-12-10(7-3)13-8-11(15-12)16-4/h8-9H,5-7H2,1-4H3,(H,14,15). The second-order valence-electron chi connectivity index (χ2n) is 3.72. The van der Waals surface area contributed by atoms with Crippen LogP contribution in [0, 0.1) is 0 Å². The van der Waals surface area contributed by atoms with Crippen LogP contribution in [0.2, 0.25) is 0 Å². The maximum absolute atomic E-state index is 5.09. The molecule has 1 rings (SSSR count). The third-order valence-corrected chi connectivity index (χ3v) is 2.70. The van der Waals surface area contributed by atoms with E-state index in [4.69, 9.17) is 4.74 Å². The zero-order chi connectivity index (χ0) is 12.0. The molecule has 0 aliphatic heterocycles. The molecule has 1 N–H and O–H groups in total. The minimum Gasteiger partial charge on any atom is -0.480 e. The van der Waals surface area contributed by atoms with Gasteiger partial charge in [0.2, 0.25) is 5.88 Å². The van der Waals surface area contributed by atoms with Gasteiger partial charge in [-0.25, -0.2) is 0 Å². The minimum atomic E-state index is 0.451. The molecule has 0 saturated carbocycles. The van der Waals surface area contributed by atoms with E-state index in [2.05, 4.69) is 36.1 Å². The van der Waals surface area contributed by atoms with Crippen molar-refractivity contribution >= 4 is 5.82 Å².